The number of allylic oxidation sites excluding steroid dienone is 1. The Morgan fingerprint density at radius 3 is 2.88 bits per heavy atom. The minimum absolute atomic E-state index is 0.0965. The average molecular weight is 332 g/mol. The molecule has 1 fully saturated rings. The molecule has 0 atom stereocenters. The third-order valence-corrected chi connectivity index (χ3v) is 3.79. The largest absolute Gasteiger partial charge is 0.490 e. The number of carbonyl (C=O) groups is 1. The summed E-state index contributed by atoms with van der Waals surface area (Å²) in [7, 11) is 0. The fourth-order valence-corrected chi connectivity index (χ4v) is 2.60. The fourth-order valence-electron chi connectivity index (χ4n) is 2.60. The van der Waals surface area contributed by atoms with E-state index in [4.69, 9.17) is 9.47 Å². The van der Waals surface area contributed by atoms with E-state index in [1.807, 2.05) is 45.0 Å². The van der Waals surface area contributed by atoms with Gasteiger partial charge in [0.05, 0.1) is 13.2 Å². The van der Waals surface area contributed by atoms with E-state index in [9.17, 15) is 4.79 Å². The quantitative estimate of drug-likeness (QED) is 0.780. The highest BCUT2D eigenvalue weighted by molar-refractivity contribution is 5.78. The first-order chi connectivity index (χ1) is 11.6. The van der Waals surface area contributed by atoms with E-state index >= 15 is 0 Å². The van der Waals surface area contributed by atoms with Gasteiger partial charge in [0.2, 0.25) is 5.91 Å². The number of ether oxygens (including phenoxy) is 2. The Bertz CT molecular complexity index is 580. The summed E-state index contributed by atoms with van der Waals surface area (Å²) in [6, 6.07) is 6.02. The van der Waals surface area contributed by atoms with Gasteiger partial charge in [-0.15, -0.1) is 0 Å². The summed E-state index contributed by atoms with van der Waals surface area (Å²) in [5.74, 6) is 1.61. The number of amides is 1. The van der Waals surface area contributed by atoms with Crippen LogP contribution in [0.3, 0.4) is 0 Å². The molecule has 1 aromatic carbocycles. The van der Waals surface area contributed by atoms with E-state index < -0.39 is 0 Å². The maximum atomic E-state index is 11.7. The van der Waals surface area contributed by atoms with Crippen LogP contribution in [0.4, 0.5) is 0 Å². The molecule has 1 heterocycles. The second kappa shape index (κ2) is 9.33. The summed E-state index contributed by atoms with van der Waals surface area (Å²) in [5.41, 5.74) is 2.35. The minimum atomic E-state index is 0.0965. The van der Waals surface area contributed by atoms with E-state index in [1.54, 1.807) is 0 Å². The molecule has 1 aromatic rings. The average Bonchev–Trinajstić information content (AvgIpc) is 2.73. The molecular weight excluding hydrogens is 304 g/mol. The normalized spacial score (nSPS) is 15.4. The van der Waals surface area contributed by atoms with Gasteiger partial charge < -0.3 is 14.8 Å². The lowest BCUT2D eigenvalue weighted by molar-refractivity contribution is -0.121. The van der Waals surface area contributed by atoms with E-state index in [0.717, 1.165) is 43.1 Å². The first-order valence-corrected chi connectivity index (χ1v) is 8.59. The van der Waals surface area contributed by atoms with Crippen molar-refractivity contribution in [3.05, 3.63) is 35.4 Å². The Balaban J connectivity index is 2.06. The highest BCUT2D eigenvalue weighted by Crippen LogP contribution is 2.29. The van der Waals surface area contributed by atoms with Gasteiger partial charge in [0.1, 0.15) is 6.61 Å². The second-order valence-corrected chi connectivity index (χ2v) is 6.22. The van der Waals surface area contributed by atoms with Gasteiger partial charge in [0.15, 0.2) is 11.5 Å². The summed E-state index contributed by atoms with van der Waals surface area (Å²) in [6.07, 6.45) is 3.02. The maximum absolute atomic E-state index is 11.7. The van der Waals surface area contributed by atoms with Gasteiger partial charge in [0.25, 0.3) is 0 Å². The zero-order chi connectivity index (χ0) is 17.4. The van der Waals surface area contributed by atoms with Crippen molar-refractivity contribution < 1.29 is 14.3 Å². The van der Waals surface area contributed by atoms with Crippen LogP contribution in [0.2, 0.25) is 0 Å². The summed E-state index contributed by atoms with van der Waals surface area (Å²) >= 11 is 0. The predicted octanol–water partition coefficient (Wildman–Crippen LogP) is 2.75. The van der Waals surface area contributed by atoms with Crippen molar-refractivity contribution >= 4 is 5.91 Å². The van der Waals surface area contributed by atoms with Crippen molar-refractivity contribution in [1.82, 2.24) is 10.2 Å². The third-order valence-electron chi connectivity index (χ3n) is 3.79. The number of hydrogen-bond donors (Lipinski definition) is 1. The molecule has 2 rings (SSSR count). The SMILES string of the molecule is CCOc1cc(CN2CCCNC(=O)C2)ccc1OCC=C(C)C. The van der Waals surface area contributed by atoms with Crippen LogP contribution in [0, 0.1) is 0 Å². The number of carbonyl (C=O) groups excluding carboxylic acids is 1. The Kier molecular flexibility index (Phi) is 7.12. The van der Waals surface area contributed by atoms with E-state index in [2.05, 4.69) is 10.2 Å². The van der Waals surface area contributed by atoms with Gasteiger partial charge in [-0.3, -0.25) is 9.69 Å². The van der Waals surface area contributed by atoms with Crippen molar-refractivity contribution in [2.45, 2.75) is 33.7 Å². The van der Waals surface area contributed by atoms with Crippen molar-refractivity contribution in [2.75, 3.05) is 32.8 Å². The van der Waals surface area contributed by atoms with Gasteiger partial charge >= 0.3 is 0 Å². The van der Waals surface area contributed by atoms with Gasteiger partial charge in [0, 0.05) is 19.6 Å². The van der Waals surface area contributed by atoms with E-state index in [1.165, 1.54) is 5.57 Å². The zero-order valence-electron chi connectivity index (χ0n) is 14.9. The molecule has 1 amide bonds. The summed E-state index contributed by atoms with van der Waals surface area (Å²) < 4.78 is 11.5. The molecule has 0 spiro atoms. The van der Waals surface area contributed by atoms with Crippen LogP contribution < -0.4 is 14.8 Å². The van der Waals surface area contributed by atoms with Crippen LogP contribution >= 0.6 is 0 Å². The smallest absolute Gasteiger partial charge is 0.234 e. The van der Waals surface area contributed by atoms with Crippen LogP contribution in [0.25, 0.3) is 0 Å². The topological polar surface area (TPSA) is 50.8 Å². The van der Waals surface area contributed by atoms with Crippen LogP contribution in [-0.4, -0.2) is 43.7 Å². The zero-order valence-corrected chi connectivity index (χ0v) is 14.9. The van der Waals surface area contributed by atoms with Crippen LogP contribution in [0.15, 0.2) is 29.8 Å². The van der Waals surface area contributed by atoms with Gasteiger partial charge in [-0.2, -0.15) is 0 Å². The molecule has 1 saturated heterocycles. The highest BCUT2D eigenvalue weighted by atomic mass is 16.5. The molecule has 5 heteroatoms. The molecule has 0 aromatic heterocycles. The highest BCUT2D eigenvalue weighted by Gasteiger charge is 2.15. The van der Waals surface area contributed by atoms with Crippen LogP contribution in [0.1, 0.15) is 32.8 Å². The predicted molar refractivity (Wildman–Crippen MR) is 95.4 cm³/mol. The molecule has 1 N–H and O–H groups in total. The Morgan fingerprint density at radius 1 is 1.29 bits per heavy atom. The maximum Gasteiger partial charge on any atom is 0.234 e. The first kappa shape index (κ1) is 18.3. The van der Waals surface area contributed by atoms with Crippen molar-refractivity contribution in [3.63, 3.8) is 0 Å². The van der Waals surface area contributed by atoms with E-state index in [-0.39, 0.29) is 5.91 Å². The lowest BCUT2D eigenvalue weighted by Gasteiger charge is -2.19. The van der Waals surface area contributed by atoms with Crippen LogP contribution in [-0.2, 0) is 11.3 Å². The molecule has 0 aliphatic carbocycles. The summed E-state index contributed by atoms with van der Waals surface area (Å²) in [6.45, 7) is 10.1. The molecule has 132 valence electrons. The fraction of sp³-hybridized carbons (Fsp3) is 0.526. The molecule has 0 radical (unpaired) electrons. The number of nitrogens with one attached hydrogen (secondary N) is 1. The Hall–Kier alpha value is -2.01. The number of rotatable bonds is 7. The number of hydrogen-bond acceptors (Lipinski definition) is 4. The van der Waals surface area contributed by atoms with Gasteiger partial charge in [-0.25, -0.2) is 0 Å². The minimum Gasteiger partial charge on any atom is -0.490 e. The molecule has 0 bridgehead atoms. The molecule has 24 heavy (non-hydrogen) atoms. The lowest BCUT2D eigenvalue weighted by Crippen LogP contribution is -2.32. The molecule has 1 aliphatic rings. The molecule has 5 nitrogen and oxygen atoms in total. The third kappa shape index (κ3) is 5.89. The molecule has 1 aliphatic heterocycles. The Morgan fingerprint density at radius 2 is 2.12 bits per heavy atom. The standard InChI is InChI=1S/C19H28N2O3/c1-4-23-18-12-16(6-7-17(18)24-11-8-15(2)3)13-21-10-5-9-20-19(22)14-21/h6-8,12H,4-5,9-11,13-14H2,1-3H3,(H,20,22). The molecule has 0 unspecified atom stereocenters. The van der Waals surface area contributed by atoms with Gasteiger partial charge in [-0.1, -0.05) is 11.6 Å². The van der Waals surface area contributed by atoms with Crippen LogP contribution in [0.5, 0.6) is 11.5 Å². The van der Waals surface area contributed by atoms with Crippen molar-refractivity contribution in [1.29, 1.82) is 0 Å². The van der Waals surface area contributed by atoms with E-state index in [0.29, 0.717) is 19.8 Å². The second-order valence-electron chi connectivity index (χ2n) is 6.22. The van der Waals surface area contributed by atoms with Crippen molar-refractivity contribution in [2.24, 2.45) is 0 Å². The molecule has 0 saturated carbocycles. The first-order valence-electron chi connectivity index (χ1n) is 8.59. The Labute approximate surface area is 144 Å². The lowest BCUT2D eigenvalue weighted by atomic mass is 10.2. The number of benzene rings is 1. The summed E-state index contributed by atoms with van der Waals surface area (Å²) in [4.78, 5) is 13.8. The molecular formula is C19H28N2O3. The number of nitrogens with zero attached hydrogens (tertiary/aromatic N) is 1. The van der Waals surface area contributed by atoms with Gasteiger partial charge in [-0.05, 0) is 51.0 Å². The summed E-state index contributed by atoms with van der Waals surface area (Å²) in [5, 5.41) is 2.90. The van der Waals surface area contributed by atoms with Crippen molar-refractivity contribution in [3.8, 4) is 11.5 Å². The monoisotopic (exact) mass is 332 g/mol.